The molecule has 1 fully saturated rings. The predicted molar refractivity (Wildman–Crippen MR) is 54.7 cm³/mol. The van der Waals surface area contributed by atoms with Gasteiger partial charge in [-0.3, -0.25) is 0 Å². The van der Waals surface area contributed by atoms with Gasteiger partial charge in [0.2, 0.25) is 0 Å². The van der Waals surface area contributed by atoms with Crippen molar-refractivity contribution in [3.05, 3.63) is 0 Å². The molecule has 0 N–H and O–H groups in total. The Morgan fingerprint density at radius 3 is 2.30 bits per heavy atom. The van der Waals surface area contributed by atoms with Gasteiger partial charge in [0.05, 0.1) is 0 Å². The van der Waals surface area contributed by atoms with Crippen molar-refractivity contribution in [2.24, 2.45) is 5.41 Å². The largest absolute Gasteiger partial charge is 0.0864 e. The Hall–Kier alpha value is 0.730. The number of rotatable bonds is 2. The molecular formula is C9H17I. The Bertz CT molecular complexity index is 87.4. The lowest BCUT2D eigenvalue weighted by Crippen LogP contribution is -2.20. The maximum absolute atomic E-state index is 2.50. The van der Waals surface area contributed by atoms with Gasteiger partial charge in [-0.1, -0.05) is 48.8 Å². The van der Waals surface area contributed by atoms with Crippen molar-refractivity contribution in [1.29, 1.82) is 0 Å². The summed E-state index contributed by atoms with van der Waals surface area (Å²) in [5.74, 6) is 0. The first-order valence-electron chi connectivity index (χ1n) is 4.33. The minimum Gasteiger partial charge on any atom is -0.0864 e. The molecule has 0 nitrogen and oxygen atoms in total. The third-order valence-electron chi connectivity index (χ3n) is 2.76. The zero-order valence-electron chi connectivity index (χ0n) is 6.83. The van der Waals surface area contributed by atoms with Crippen molar-refractivity contribution in [2.75, 3.05) is 4.43 Å². The standard InChI is InChI=1S/C9H17I/c1-9(7-8-10)5-3-2-4-6-9/h2-8H2,1H3. The molecule has 1 heteroatoms. The summed E-state index contributed by atoms with van der Waals surface area (Å²) in [5, 5.41) is 0. The molecule has 0 amide bonds. The van der Waals surface area contributed by atoms with E-state index in [2.05, 4.69) is 29.5 Å². The molecule has 0 unspecified atom stereocenters. The van der Waals surface area contributed by atoms with E-state index >= 15 is 0 Å². The molecule has 1 saturated carbocycles. The number of halogens is 1. The maximum Gasteiger partial charge on any atom is 0.0000454 e. The monoisotopic (exact) mass is 252 g/mol. The Morgan fingerprint density at radius 1 is 1.20 bits per heavy atom. The molecule has 60 valence electrons. The molecule has 0 radical (unpaired) electrons. The van der Waals surface area contributed by atoms with Crippen molar-refractivity contribution in [1.82, 2.24) is 0 Å². The van der Waals surface area contributed by atoms with Gasteiger partial charge in [0.15, 0.2) is 0 Å². The van der Waals surface area contributed by atoms with Gasteiger partial charge < -0.3 is 0 Å². The smallest absolute Gasteiger partial charge is 0.0000454 e. The topological polar surface area (TPSA) is 0 Å². The minimum absolute atomic E-state index is 0.722. The third kappa shape index (κ3) is 2.40. The zero-order chi connectivity index (χ0) is 7.45. The molecule has 10 heavy (non-hydrogen) atoms. The molecule has 0 atom stereocenters. The van der Waals surface area contributed by atoms with Crippen LogP contribution in [0.25, 0.3) is 0 Å². The van der Waals surface area contributed by atoms with Gasteiger partial charge in [-0.25, -0.2) is 0 Å². The fourth-order valence-electron chi connectivity index (χ4n) is 1.88. The van der Waals surface area contributed by atoms with Gasteiger partial charge in [-0.2, -0.15) is 0 Å². The molecular weight excluding hydrogens is 235 g/mol. The van der Waals surface area contributed by atoms with Crippen LogP contribution in [0.1, 0.15) is 45.4 Å². The first-order chi connectivity index (χ1) is 4.77. The summed E-state index contributed by atoms with van der Waals surface area (Å²) in [6.07, 6.45) is 8.84. The van der Waals surface area contributed by atoms with Gasteiger partial charge in [0.25, 0.3) is 0 Å². The zero-order valence-corrected chi connectivity index (χ0v) is 8.99. The molecule has 0 aromatic carbocycles. The maximum atomic E-state index is 2.50. The highest BCUT2D eigenvalue weighted by molar-refractivity contribution is 14.1. The molecule has 0 saturated heterocycles. The van der Waals surface area contributed by atoms with E-state index in [0.717, 1.165) is 5.41 Å². The van der Waals surface area contributed by atoms with Gasteiger partial charge in [0, 0.05) is 4.43 Å². The quantitative estimate of drug-likeness (QED) is 0.518. The van der Waals surface area contributed by atoms with Crippen LogP contribution >= 0.6 is 22.6 Å². The third-order valence-corrected chi connectivity index (χ3v) is 3.30. The summed E-state index contributed by atoms with van der Waals surface area (Å²) < 4.78 is 1.34. The lowest BCUT2D eigenvalue weighted by atomic mass is 9.74. The van der Waals surface area contributed by atoms with E-state index in [9.17, 15) is 0 Å². The first-order valence-corrected chi connectivity index (χ1v) is 5.85. The van der Waals surface area contributed by atoms with Gasteiger partial charge in [0.1, 0.15) is 0 Å². The van der Waals surface area contributed by atoms with E-state index < -0.39 is 0 Å². The van der Waals surface area contributed by atoms with Crippen LogP contribution in [-0.2, 0) is 0 Å². The fourth-order valence-corrected chi connectivity index (χ4v) is 3.19. The average molecular weight is 252 g/mol. The summed E-state index contributed by atoms with van der Waals surface area (Å²) in [4.78, 5) is 0. The Morgan fingerprint density at radius 2 is 1.80 bits per heavy atom. The average Bonchev–Trinajstić information content (AvgIpc) is 1.89. The van der Waals surface area contributed by atoms with E-state index in [0.29, 0.717) is 0 Å². The van der Waals surface area contributed by atoms with Crippen LogP contribution in [0.4, 0.5) is 0 Å². The summed E-state index contributed by atoms with van der Waals surface area (Å²) in [6, 6.07) is 0. The SMILES string of the molecule is CC1(CCI)CCCCC1. The van der Waals surface area contributed by atoms with Gasteiger partial charge in [-0.05, 0) is 24.7 Å². The van der Waals surface area contributed by atoms with Crippen molar-refractivity contribution < 1.29 is 0 Å². The van der Waals surface area contributed by atoms with Crippen LogP contribution in [0.15, 0.2) is 0 Å². The van der Waals surface area contributed by atoms with E-state index in [1.165, 1.54) is 43.0 Å². The molecule has 1 aliphatic carbocycles. The molecule has 0 aromatic heterocycles. The summed E-state index contributed by atoms with van der Waals surface area (Å²) >= 11 is 2.50. The van der Waals surface area contributed by atoms with Crippen molar-refractivity contribution in [3.63, 3.8) is 0 Å². The predicted octanol–water partition coefficient (Wildman–Crippen LogP) is 3.78. The van der Waals surface area contributed by atoms with Crippen LogP contribution in [-0.4, -0.2) is 4.43 Å². The molecule has 0 spiro atoms. The molecule has 0 aromatic rings. The first kappa shape index (κ1) is 8.82. The van der Waals surface area contributed by atoms with Gasteiger partial charge in [-0.15, -0.1) is 0 Å². The summed E-state index contributed by atoms with van der Waals surface area (Å²) in [7, 11) is 0. The highest BCUT2D eigenvalue weighted by Gasteiger charge is 2.25. The van der Waals surface area contributed by atoms with Crippen LogP contribution in [0.3, 0.4) is 0 Å². The van der Waals surface area contributed by atoms with Crippen molar-refractivity contribution >= 4 is 22.6 Å². The lowest BCUT2D eigenvalue weighted by molar-refractivity contribution is 0.211. The molecule has 0 heterocycles. The molecule has 0 aliphatic heterocycles. The summed E-state index contributed by atoms with van der Waals surface area (Å²) in [5.41, 5.74) is 0.722. The van der Waals surface area contributed by atoms with Crippen LogP contribution < -0.4 is 0 Å². The second-order valence-electron chi connectivity index (χ2n) is 3.81. The van der Waals surface area contributed by atoms with Crippen molar-refractivity contribution in [3.8, 4) is 0 Å². The Balaban J connectivity index is 2.32. The second kappa shape index (κ2) is 3.93. The van der Waals surface area contributed by atoms with E-state index in [1.54, 1.807) is 0 Å². The Kier molecular flexibility index (Phi) is 3.47. The van der Waals surface area contributed by atoms with Crippen LogP contribution in [0, 0.1) is 5.41 Å². The van der Waals surface area contributed by atoms with Gasteiger partial charge >= 0.3 is 0 Å². The second-order valence-corrected chi connectivity index (χ2v) is 4.89. The van der Waals surface area contributed by atoms with E-state index in [-0.39, 0.29) is 0 Å². The van der Waals surface area contributed by atoms with Crippen LogP contribution in [0.2, 0.25) is 0 Å². The van der Waals surface area contributed by atoms with Crippen LogP contribution in [0.5, 0.6) is 0 Å². The number of hydrogen-bond donors (Lipinski definition) is 0. The normalized spacial score (nSPS) is 24.6. The molecule has 1 rings (SSSR count). The van der Waals surface area contributed by atoms with E-state index in [4.69, 9.17) is 0 Å². The summed E-state index contributed by atoms with van der Waals surface area (Å²) in [6.45, 7) is 2.46. The number of hydrogen-bond acceptors (Lipinski definition) is 0. The molecule has 1 aliphatic rings. The van der Waals surface area contributed by atoms with Crippen molar-refractivity contribution in [2.45, 2.75) is 45.4 Å². The Labute approximate surface area is 77.9 Å². The minimum atomic E-state index is 0.722. The number of alkyl halides is 1. The fraction of sp³-hybridized carbons (Fsp3) is 1.00. The highest BCUT2D eigenvalue weighted by atomic mass is 127. The highest BCUT2D eigenvalue weighted by Crippen LogP contribution is 2.38. The molecule has 0 bridgehead atoms. The lowest BCUT2D eigenvalue weighted by Gasteiger charge is -2.32. The van der Waals surface area contributed by atoms with E-state index in [1.807, 2.05) is 0 Å².